The van der Waals surface area contributed by atoms with Crippen molar-refractivity contribution in [1.29, 1.82) is 0 Å². The van der Waals surface area contributed by atoms with Crippen molar-refractivity contribution in [3.05, 3.63) is 0 Å². The van der Waals surface area contributed by atoms with E-state index in [9.17, 15) is 0 Å². The lowest BCUT2D eigenvalue weighted by Gasteiger charge is -2.18. The van der Waals surface area contributed by atoms with Gasteiger partial charge in [0.25, 0.3) is 0 Å². The molecular weight excluding hydrogens is 152 g/mol. The Hall–Kier alpha value is -0.0800. The molecule has 0 radical (unpaired) electrons. The van der Waals surface area contributed by atoms with Crippen molar-refractivity contribution < 1.29 is 9.47 Å². The summed E-state index contributed by atoms with van der Waals surface area (Å²) in [5.74, 6) is 1.07. The van der Waals surface area contributed by atoms with E-state index in [1.54, 1.807) is 0 Å². The molecule has 0 aromatic heterocycles. The molecule has 0 bridgehead atoms. The van der Waals surface area contributed by atoms with Crippen LogP contribution in [0.25, 0.3) is 0 Å². The highest BCUT2D eigenvalue weighted by Crippen LogP contribution is 2.52. The van der Waals surface area contributed by atoms with E-state index in [0.29, 0.717) is 11.8 Å². The zero-order valence-electron chi connectivity index (χ0n) is 8.59. The normalized spacial score (nSPS) is 26.2. The van der Waals surface area contributed by atoms with Gasteiger partial charge in [-0.05, 0) is 19.8 Å². The van der Waals surface area contributed by atoms with Gasteiger partial charge in [0.2, 0.25) is 0 Å². The Labute approximate surface area is 75.2 Å². The summed E-state index contributed by atoms with van der Waals surface area (Å²) in [4.78, 5) is 0. The zero-order valence-corrected chi connectivity index (χ0v) is 8.59. The van der Waals surface area contributed by atoms with Gasteiger partial charge in [-0.25, -0.2) is 0 Å². The van der Waals surface area contributed by atoms with Gasteiger partial charge < -0.3 is 9.47 Å². The van der Waals surface area contributed by atoms with Crippen molar-refractivity contribution in [3.8, 4) is 0 Å². The quantitative estimate of drug-likeness (QED) is 0.593. The van der Waals surface area contributed by atoms with E-state index in [1.807, 2.05) is 13.8 Å². The van der Waals surface area contributed by atoms with Crippen molar-refractivity contribution in [2.45, 2.75) is 39.9 Å². The van der Waals surface area contributed by atoms with Gasteiger partial charge in [-0.3, -0.25) is 0 Å². The number of ether oxygens (including phenoxy) is 2. The van der Waals surface area contributed by atoms with Crippen molar-refractivity contribution in [2.24, 2.45) is 11.8 Å². The highest BCUT2D eigenvalue weighted by atomic mass is 16.7. The van der Waals surface area contributed by atoms with Crippen LogP contribution in [0.1, 0.15) is 34.1 Å². The molecule has 0 aliphatic heterocycles. The van der Waals surface area contributed by atoms with E-state index in [2.05, 4.69) is 13.8 Å². The topological polar surface area (TPSA) is 18.5 Å². The van der Waals surface area contributed by atoms with Crippen molar-refractivity contribution in [2.75, 3.05) is 13.2 Å². The number of hydrogen-bond donors (Lipinski definition) is 0. The van der Waals surface area contributed by atoms with Gasteiger partial charge in [0.15, 0.2) is 5.79 Å². The van der Waals surface area contributed by atoms with E-state index < -0.39 is 0 Å². The Morgan fingerprint density at radius 1 is 1.25 bits per heavy atom. The molecule has 1 fully saturated rings. The summed E-state index contributed by atoms with van der Waals surface area (Å²) in [5.41, 5.74) is 0. The first-order valence-corrected chi connectivity index (χ1v) is 4.94. The van der Waals surface area contributed by atoms with E-state index in [-0.39, 0.29) is 5.79 Å². The minimum absolute atomic E-state index is 0.211. The van der Waals surface area contributed by atoms with Crippen LogP contribution in [0.3, 0.4) is 0 Å². The van der Waals surface area contributed by atoms with Crippen molar-refractivity contribution in [3.63, 3.8) is 0 Å². The maximum Gasteiger partial charge on any atom is 0.171 e. The maximum absolute atomic E-state index is 5.63. The molecule has 2 heteroatoms. The van der Waals surface area contributed by atoms with Crippen LogP contribution in [0, 0.1) is 11.8 Å². The van der Waals surface area contributed by atoms with Crippen molar-refractivity contribution >= 4 is 0 Å². The molecule has 1 saturated carbocycles. The first kappa shape index (κ1) is 10.0. The second-order valence-electron chi connectivity index (χ2n) is 3.73. The highest BCUT2D eigenvalue weighted by Gasteiger charge is 2.57. The predicted molar refractivity (Wildman–Crippen MR) is 48.9 cm³/mol. The second kappa shape index (κ2) is 3.75. The molecule has 0 saturated heterocycles. The average Bonchev–Trinajstić information content (AvgIpc) is 2.65. The predicted octanol–water partition coefficient (Wildman–Crippen LogP) is 2.43. The molecule has 0 amide bonds. The van der Waals surface area contributed by atoms with Crippen LogP contribution in [0.5, 0.6) is 0 Å². The van der Waals surface area contributed by atoms with Gasteiger partial charge in [0.1, 0.15) is 0 Å². The van der Waals surface area contributed by atoms with Crippen LogP contribution in [-0.2, 0) is 9.47 Å². The number of rotatable bonds is 5. The fourth-order valence-electron chi connectivity index (χ4n) is 1.85. The van der Waals surface area contributed by atoms with E-state index in [1.165, 1.54) is 0 Å². The van der Waals surface area contributed by atoms with E-state index in [0.717, 1.165) is 19.6 Å². The Bertz CT molecular complexity index is 137. The third kappa shape index (κ3) is 1.80. The zero-order chi connectivity index (χ0) is 9.19. The largest absolute Gasteiger partial charge is 0.350 e. The smallest absolute Gasteiger partial charge is 0.171 e. The standard InChI is InChI=1S/C10H20O2/c1-5-11-10(12-6-2)7-9(10)8(3)4/h8-9H,5-7H2,1-4H3. The second-order valence-corrected chi connectivity index (χ2v) is 3.73. The molecule has 0 N–H and O–H groups in total. The minimum atomic E-state index is -0.211. The molecule has 0 aromatic rings. The molecule has 0 aromatic carbocycles. The lowest BCUT2D eigenvalue weighted by Crippen LogP contribution is -2.23. The lowest BCUT2D eigenvalue weighted by atomic mass is 10.1. The summed E-state index contributed by atoms with van der Waals surface area (Å²) >= 11 is 0. The maximum atomic E-state index is 5.63. The Balaban J connectivity index is 2.43. The molecule has 72 valence electrons. The summed E-state index contributed by atoms with van der Waals surface area (Å²) in [6, 6.07) is 0. The SMILES string of the molecule is CCOC1(OCC)CC1C(C)C. The van der Waals surface area contributed by atoms with Crippen LogP contribution in [-0.4, -0.2) is 19.0 Å². The monoisotopic (exact) mass is 172 g/mol. The summed E-state index contributed by atoms with van der Waals surface area (Å²) < 4.78 is 11.3. The van der Waals surface area contributed by atoms with Crippen LogP contribution in [0.4, 0.5) is 0 Å². The molecule has 0 heterocycles. The van der Waals surface area contributed by atoms with Crippen LogP contribution in [0.2, 0.25) is 0 Å². The summed E-state index contributed by atoms with van der Waals surface area (Å²) in [6.07, 6.45) is 1.08. The van der Waals surface area contributed by atoms with Gasteiger partial charge in [-0.15, -0.1) is 0 Å². The molecule has 1 unspecified atom stereocenters. The van der Waals surface area contributed by atoms with E-state index in [4.69, 9.17) is 9.47 Å². The fraction of sp³-hybridized carbons (Fsp3) is 1.00. The third-order valence-corrected chi connectivity index (χ3v) is 2.49. The highest BCUT2D eigenvalue weighted by molar-refractivity contribution is 4.99. The molecule has 2 nitrogen and oxygen atoms in total. The Morgan fingerprint density at radius 3 is 2.00 bits per heavy atom. The van der Waals surface area contributed by atoms with Crippen LogP contribution in [0.15, 0.2) is 0 Å². The molecule has 1 aliphatic carbocycles. The first-order valence-electron chi connectivity index (χ1n) is 4.94. The van der Waals surface area contributed by atoms with Crippen molar-refractivity contribution in [1.82, 2.24) is 0 Å². The number of hydrogen-bond acceptors (Lipinski definition) is 2. The average molecular weight is 172 g/mol. The van der Waals surface area contributed by atoms with Gasteiger partial charge in [0, 0.05) is 25.6 Å². The van der Waals surface area contributed by atoms with Gasteiger partial charge in [-0.2, -0.15) is 0 Å². The minimum Gasteiger partial charge on any atom is -0.350 e. The van der Waals surface area contributed by atoms with E-state index >= 15 is 0 Å². The summed E-state index contributed by atoms with van der Waals surface area (Å²) in [6.45, 7) is 10.0. The van der Waals surface area contributed by atoms with Gasteiger partial charge >= 0.3 is 0 Å². The first-order chi connectivity index (χ1) is 5.66. The van der Waals surface area contributed by atoms with Crippen LogP contribution < -0.4 is 0 Å². The molecule has 1 atom stereocenters. The lowest BCUT2D eigenvalue weighted by molar-refractivity contribution is -0.174. The molecule has 12 heavy (non-hydrogen) atoms. The summed E-state index contributed by atoms with van der Waals surface area (Å²) in [7, 11) is 0. The molecular formula is C10H20O2. The Kier molecular flexibility index (Phi) is 3.13. The van der Waals surface area contributed by atoms with Gasteiger partial charge in [-0.1, -0.05) is 13.8 Å². The Morgan fingerprint density at radius 2 is 1.75 bits per heavy atom. The molecule has 1 rings (SSSR count). The molecule has 1 aliphatic rings. The fourth-order valence-corrected chi connectivity index (χ4v) is 1.85. The van der Waals surface area contributed by atoms with Crippen LogP contribution >= 0.6 is 0 Å². The van der Waals surface area contributed by atoms with Gasteiger partial charge in [0.05, 0.1) is 0 Å². The molecule has 0 spiro atoms. The summed E-state index contributed by atoms with van der Waals surface area (Å²) in [5, 5.41) is 0. The third-order valence-electron chi connectivity index (χ3n) is 2.49.